The number of nitrogens with zero attached hydrogens (tertiary/aromatic N) is 1. The minimum atomic E-state index is -0.765. The molecule has 0 radical (unpaired) electrons. The summed E-state index contributed by atoms with van der Waals surface area (Å²) in [5, 5.41) is 2.87. The smallest absolute Gasteiger partial charge is 0.223 e. The Morgan fingerprint density at radius 2 is 2.00 bits per heavy atom. The van der Waals surface area contributed by atoms with Gasteiger partial charge in [0.2, 0.25) is 5.91 Å². The second kappa shape index (κ2) is 8.19. The van der Waals surface area contributed by atoms with Crippen molar-refractivity contribution in [1.82, 2.24) is 15.3 Å². The Morgan fingerprint density at radius 1 is 1.21 bits per heavy atom. The first kappa shape index (κ1) is 19.4. The fraction of sp³-hybridized carbons (Fsp3) is 0.524. The third-order valence-electron chi connectivity index (χ3n) is 6.27. The van der Waals surface area contributed by atoms with Gasteiger partial charge in [-0.3, -0.25) is 4.79 Å². The van der Waals surface area contributed by atoms with Gasteiger partial charge in [0.25, 0.3) is 0 Å². The van der Waals surface area contributed by atoms with Crippen LogP contribution in [0.15, 0.2) is 24.5 Å². The summed E-state index contributed by atoms with van der Waals surface area (Å²) in [5.41, 5.74) is -0.103. The molecule has 1 aromatic carbocycles. The first-order valence-electron chi connectivity index (χ1n) is 9.97. The van der Waals surface area contributed by atoms with Gasteiger partial charge in [0, 0.05) is 29.8 Å². The van der Waals surface area contributed by atoms with Crippen LogP contribution in [0.2, 0.25) is 5.02 Å². The highest BCUT2D eigenvalue weighted by atomic mass is 35.5. The van der Waals surface area contributed by atoms with Crippen molar-refractivity contribution in [2.24, 2.45) is 11.8 Å². The van der Waals surface area contributed by atoms with Gasteiger partial charge >= 0.3 is 0 Å². The topological polar surface area (TPSA) is 57.8 Å². The number of nitrogens with one attached hydrogen (secondary N) is 2. The van der Waals surface area contributed by atoms with Gasteiger partial charge in [-0.2, -0.15) is 0 Å². The minimum Gasteiger partial charge on any atom is -0.349 e. The number of aromatic amines is 1. The van der Waals surface area contributed by atoms with Crippen molar-refractivity contribution in [3.8, 4) is 0 Å². The minimum absolute atomic E-state index is 0.0219. The van der Waals surface area contributed by atoms with Crippen LogP contribution >= 0.6 is 11.6 Å². The van der Waals surface area contributed by atoms with E-state index < -0.39 is 17.7 Å². The predicted octanol–water partition coefficient (Wildman–Crippen LogP) is 5.27. The standard InChI is InChI=1S/C21H24ClF2N3O/c22-15-7-8-16(23)17(18(15)24)19(12-3-1-2-4-12)27-21(28)14-6-5-13(11-14)20-25-9-10-26-20/h7-10,12-14,19H,1-6,11H2,(H,25,26)(H,27,28)/t13?,14?,19-/m0/s1. The number of rotatable bonds is 5. The molecule has 4 nitrogen and oxygen atoms in total. The molecule has 1 amide bonds. The Hall–Kier alpha value is -1.95. The van der Waals surface area contributed by atoms with Crippen LogP contribution in [0.25, 0.3) is 0 Å². The zero-order valence-corrected chi connectivity index (χ0v) is 16.3. The number of H-pyrrole nitrogens is 1. The average Bonchev–Trinajstić information content (AvgIpc) is 3.45. The maximum atomic E-state index is 14.7. The number of imidazole rings is 1. The van der Waals surface area contributed by atoms with Gasteiger partial charge in [-0.05, 0) is 50.2 Å². The molecule has 0 bridgehead atoms. The maximum Gasteiger partial charge on any atom is 0.223 e. The number of benzene rings is 1. The fourth-order valence-electron chi connectivity index (χ4n) is 4.78. The number of halogens is 3. The van der Waals surface area contributed by atoms with E-state index in [9.17, 15) is 13.6 Å². The molecule has 2 aliphatic carbocycles. The molecular formula is C21H24ClF2N3O. The molecule has 0 spiro atoms. The first-order valence-corrected chi connectivity index (χ1v) is 10.4. The van der Waals surface area contributed by atoms with Crippen LogP contribution < -0.4 is 5.32 Å². The highest BCUT2D eigenvalue weighted by Gasteiger charge is 2.37. The van der Waals surface area contributed by atoms with Crippen LogP contribution in [0.1, 0.15) is 68.3 Å². The summed E-state index contributed by atoms with van der Waals surface area (Å²) < 4.78 is 29.3. The fourth-order valence-corrected chi connectivity index (χ4v) is 4.95. The Morgan fingerprint density at radius 3 is 2.71 bits per heavy atom. The van der Waals surface area contributed by atoms with Crippen molar-refractivity contribution in [2.75, 3.05) is 0 Å². The van der Waals surface area contributed by atoms with Crippen LogP contribution in [-0.4, -0.2) is 15.9 Å². The van der Waals surface area contributed by atoms with Crippen LogP contribution in [0.4, 0.5) is 8.78 Å². The Balaban J connectivity index is 1.54. The van der Waals surface area contributed by atoms with E-state index in [1.807, 2.05) is 0 Å². The van der Waals surface area contributed by atoms with Crippen molar-refractivity contribution >= 4 is 17.5 Å². The number of amides is 1. The van der Waals surface area contributed by atoms with Gasteiger partial charge in [0.05, 0.1) is 11.1 Å². The Kier molecular flexibility index (Phi) is 5.67. The van der Waals surface area contributed by atoms with Crippen molar-refractivity contribution in [1.29, 1.82) is 0 Å². The molecule has 1 heterocycles. The normalized spacial score (nSPS) is 23.8. The molecule has 4 rings (SSSR count). The second-order valence-corrected chi connectivity index (χ2v) is 8.38. The van der Waals surface area contributed by atoms with E-state index in [4.69, 9.17) is 11.6 Å². The Bertz CT molecular complexity index is 836. The summed E-state index contributed by atoms with van der Waals surface area (Å²) in [6.45, 7) is 0. The lowest BCUT2D eigenvalue weighted by molar-refractivity contribution is -0.126. The van der Waals surface area contributed by atoms with Gasteiger partial charge in [-0.25, -0.2) is 13.8 Å². The molecule has 150 valence electrons. The number of aromatic nitrogens is 2. The molecule has 3 atom stereocenters. The van der Waals surface area contributed by atoms with Gasteiger partial charge in [0.1, 0.15) is 17.5 Å². The number of carbonyl (C=O) groups excluding carboxylic acids is 1. The monoisotopic (exact) mass is 407 g/mol. The Labute approximate surface area is 168 Å². The number of carbonyl (C=O) groups is 1. The lowest BCUT2D eigenvalue weighted by atomic mass is 9.90. The average molecular weight is 408 g/mol. The van der Waals surface area contributed by atoms with E-state index in [2.05, 4.69) is 15.3 Å². The molecule has 2 fully saturated rings. The summed E-state index contributed by atoms with van der Waals surface area (Å²) in [5.74, 6) is -0.592. The van der Waals surface area contributed by atoms with E-state index in [0.29, 0.717) is 6.42 Å². The molecule has 2 unspecified atom stereocenters. The zero-order valence-electron chi connectivity index (χ0n) is 15.6. The van der Waals surface area contributed by atoms with Crippen LogP contribution in [0.5, 0.6) is 0 Å². The van der Waals surface area contributed by atoms with E-state index >= 15 is 0 Å². The summed E-state index contributed by atoms with van der Waals surface area (Å²) >= 11 is 5.91. The van der Waals surface area contributed by atoms with Crippen molar-refractivity contribution in [3.05, 3.63) is 52.6 Å². The maximum absolute atomic E-state index is 14.7. The lowest BCUT2D eigenvalue weighted by Gasteiger charge is -2.27. The van der Waals surface area contributed by atoms with E-state index in [-0.39, 0.29) is 34.2 Å². The van der Waals surface area contributed by atoms with Gasteiger partial charge in [-0.15, -0.1) is 0 Å². The molecule has 2 saturated carbocycles. The zero-order chi connectivity index (χ0) is 19.7. The van der Waals surface area contributed by atoms with E-state index in [1.165, 1.54) is 12.1 Å². The predicted molar refractivity (Wildman–Crippen MR) is 103 cm³/mol. The quantitative estimate of drug-likeness (QED) is 0.663. The number of hydrogen-bond donors (Lipinski definition) is 2. The van der Waals surface area contributed by atoms with Crippen molar-refractivity contribution in [3.63, 3.8) is 0 Å². The van der Waals surface area contributed by atoms with Gasteiger partial charge < -0.3 is 10.3 Å². The highest BCUT2D eigenvalue weighted by Crippen LogP contribution is 2.41. The summed E-state index contributed by atoms with van der Waals surface area (Å²) in [6.07, 6.45) is 9.50. The molecule has 28 heavy (non-hydrogen) atoms. The lowest BCUT2D eigenvalue weighted by Crippen LogP contribution is -2.37. The van der Waals surface area contributed by atoms with Crippen molar-refractivity contribution < 1.29 is 13.6 Å². The largest absolute Gasteiger partial charge is 0.349 e. The van der Waals surface area contributed by atoms with Crippen LogP contribution in [-0.2, 0) is 4.79 Å². The van der Waals surface area contributed by atoms with Crippen molar-refractivity contribution in [2.45, 2.75) is 56.9 Å². The van der Waals surface area contributed by atoms with Crippen LogP contribution in [0.3, 0.4) is 0 Å². The molecule has 0 aliphatic heterocycles. The second-order valence-electron chi connectivity index (χ2n) is 7.97. The summed E-state index contributed by atoms with van der Waals surface area (Å²) in [4.78, 5) is 20.4. The third-order valence-corrected chi connectivity index (χ3v) is 6.56. The molecule has 0 saturated heterocycles. The highest BCUT2D eigenvalue weighted by molar-refractivity contribution is 6.30. The molecule has 7 heteroatoms. The third kappa shape index (κ3) is 3.79. The molecule has 1 aromatic heterocycles. The van der Waals surface area contributed by atoms with Crippen LogP contribution in [0, 0.1) is 23.5 Å². The SMILES string of the molecule is O=C(N[C@H](c1c(F)ccc(Cl)c1F)C1CCCC1)C1CCC(c2ncc[nH]2)C1. The summed E-state index contributed by atoms with van der Waals surface area (Å²) in [6, 6.07) is 1.71. The first-order chi connectivity index (χ1) is 13.5. The molecule has 2 N–H and O–H groups in total. The molecule has 2 aliphatic rings. The van der Waals surface area contributed by atoms with E-state index in [0.717, 1.165) is 44.3 Å². The van der Waals surface area contributed by atoms with Gasteiger partial charge in [-0.1, -0.05) is 24.4 Å². The van der Waals surface area contributed by atoms with E-state index in [1.54, 1.807) is 12.4 Å². The number of hydrogen-bond acceptors (Lipinski definition) is 2. The summed E-state index contributed by atoms with van der Waals surface area (Å²) in [7, 11) is 0. The molecule has 2 aromatic rings. The van der Waals surface area contributed by atoms with Gasteiger partial charge in [0.15, 0.2) is 0 Å². The molecular weight excluding hydrogens is 384 g/mol.